The summed E-state index contributed by atoms with van der Waals surface area (Å²) in [6.45, 7) is 3.88. The van der Waals surface area contributed by atoms with Crippen LogP contribution in [0, 0.1) is 0 Å². The molecule has 1 aromatic heterocycles. The van der Waals surface area contributed by atoms with Crippen molar-refractivity contribution < 1.29 is 14.9 Å². The standard InChI is InChI=1S/C15H23NO3/c1-11(2)19-13-8-12(9-16-10-13)14(17)15(18)6-4-3-5-7-15/h8-11,14,17-18H,3-7H2,1-2H3. The Morgan fingerprint density at radius 1 is 1.21 bits per heavy atom. The van der Waals surface area contributed by atoms with E-state index in [4.69, 9.17) is 4.74 Å². The number of aromatic nitrogens is 1. The molecule has 1 atom stereocenters. The Labute approximate surface area is 114 Å². The van der Waals surface area contributed by atoms with Crippen LogP contribution >= 0.6 is 0 Å². The second kappa shape index (κ2) is 5.88. The zero-order valence-electron chi connectivity index (χ0n) is 11.7. The molecule has 1 aliphatic rings. The lowest BCUT2D eigenvalue weighted by Gasteiger charge is -2.36. The number of hydrogen-bond acceptors (Lipinski definition) is 4. The van der Waals surface area contributed by atoms with Crippen molar-refractivity contribution in [3.05, 3.63) is 24.0 Å². The molecule has 19 heavy (non-hydrogen) atoms. The molecule has 2 rings (SSSR count). The van der Waals surface area contributed by atoms with Gasteiger partial charge in [-0.3, -0.25) is 4.98 Å². The number of hydrogen-bond donors (Lipinski definition) is 2. The molecule has 106 valence electrons. The van der Waals surface area contributed by atoms with E-state index in [9.17, 15) is 10.2 Å². The molecule has 0 saturated heterocycles. The minimum absolute atomic E-state index is 0.0620. The molecule has 1 unspecified atom stereocenters. The van der Waals surface area contributed by atoms with Gasteiger partial charge in [-0.1, -0.05) is 19.3 Å². The van der Waals surface area contributed by atoms with Crippen LogP contribution in [0.25, 0.3) is 0 Å². The van der Waals surface area contributed by atoms with Gasteiger partial charge in [-0.15, -0.1) is 0 Å². The molecule has 0 bridgehead atoms. The molecule has 1 aromatic rings. The summed E-state index contributed by atoms with van der Waals surface area (Å²) in [6, 6.07) is 1.77. The first-order chi connectivity index (χ1) is 9.01. The fourth-order valence-electron chi connectivity index (χ4n) is 2.67. The van der Waals surface area contributed by atoms with Crippen LogP contribution < -0.4 is 4.74 Å². The average Bonchev–Trinajstić information content (AvgIpc) is 2.38. The summed E-state index contributed by atoms with van der Waals surface area (Å²) in [6.07, 6.45) is 6.73. The predicted octanol–water partition coefficient (Wildman–Crippen LogP) is 2.60. The topological polar surface area (TPSA) is 62.6 Å². The molecule has 1 heterocycles. The lowest BCUT2D eigenvalue weighted by atomic mass is 9.79. The maximum absolute atomic E-state index is 10.5. The molecule has 4 nitrogen and oxygen atoms in total. The van der Waals surface area contributed by atoms with Crippen molar-refractivity contribution in [1.29, 1.82) is 0 Å². The SMILES string of the molecule is CC(C)Oc1cncc(C(O)C2(O)CCCCC2)c1. The molecule has 1 aliphatic carbocycles. The Morgan fingerprint density at radius 3 is 2.53 bits per heavy atom. The van der Waals surface area contributed by atoms with Gasteiger partial charge in [0.05, 0.1) is 17.9 Å². The first-order valence-corrected chi connectivity index (χ1v) is 7.03. The lowest BCUT2D eigenvalue weighted by molar-refractivity contribution is -0.0993. The summed E-state index contributed by atoms with van der Waals surface area (Å²) >= 11 is 0. The molecule has 0 spiro atoms. The summed E-state index contributed by atoms with van der Waals surface area (Å²) < 4.78 is 5.57. The first kappa shape index (κ1) is 14.3. The largest absolute Gasteiger partial charge is 0.489 e. The zero-order chi connectivity index (χ0) is 13.9. The van der Waals surface area contributed by atoms with Gasteiger partial charge in [0.25, 0.3) is 0 Å². The van der Waals surface area contributed by atoms with Crippen LogP contribution in [0.15, 0.2) is 18.5 Å². The Kier molecular flexibility index (Phi) is 4.42. The molecule has 1 fully saturated rings. The highest BCUT2D eigenvalue weighted by molar-refractivity contribution is 5.27. The molecular formula is C15H23NO3. The smallest absolute Gasteiger partial charge is 0.138 e. The van der Waals surface area contributed by atoms with Gasteiger partial charge in [0.15, 0.2) is 0 Å². The summed E-state index contributed by atoms with van der Waals surface area (Å²) in [4.78, 5) is 4.09. The highest BCUT2D eigenvalue weighted by Gasteiger charge is 2.37. The van der Waals surface area contributed by atoms with Gasteiger partial charge in [-0.2, -0.15) is 0 Å². The number of aliphatic hydroxyl groups is 2. The second-order valence-corrected chi connectivity index (χ2v) is 5.69. The Bertz CT molecular complexity index is 414. The molecule has 0 aliphatic heterocycles. The molecule has 0 aromatic carbocycles. The van der Waals surface area contributed by atoms with E-state index in [1.54, 1.807) is 18.5 Å². The van der Waals surface area contributed by atoms with Crippen LogP contribution in [-0.2, 0) is 0 Å². The van der Waals surface area contributed by atoms with E-state index in [1.807, 2.05) is 13.8 Å². The number of pyridine rings is 1. The van der Waals surface area contributed by atoms with Crippen molar-refractivity contribution in [1.82, 2.24) is 4.98 Å². The van der Waals surface area contributed by atoms with Crippen molar-refractivity contribution >= 4 is 0 Å². The van der Waals surface area contributed by atoms with Gasteiger partial charge in [0.2, 0.25) is 0 Å². The summed E-state index contributed by atoms with van der Waals surface area (Å²) in [5.74, 6) is 0.631. The van der Waals surface area contributed by atoms with Gasteiger partial charge in [0.1, 0.15) is 11.9 Å². The van der Waals surface area contributed by atoms with Crippen molar-refractivity contribution in [3.8, 4) is 5.75 Å². The van der Waals surface area contributed by atoms with Crippen LogP contribution in [0.4, 0.5) is 0 Å². The van der Waals surface area contributed by atoms with Gasteiger partial charge < -0.3 is 14.9 Å². The van der Waals surface area contributed by atoms with Gasteiger partial charge in [0, 0.05) is 11.8 Å². The van der Waals surface area contributed by atoms with Gasteiger partial charge in [-0.25, -0.2) is 0 Å². The van der Waals surface area contributed by atoms with Crippen LogP contribution in [0.3, 0.4) is 0 Å². The third kappa shape index (κ3) is 3.45. The second-order valence-electron chi connectivity index (χ2n) is 5.69. The van der Waals surface area contributed by atoms with Crippen LogP contribution in [0.1, 0.15) is 57.6 Å². The Balaban J connectivity index is 2.16. The number of nitrogens with zero attached hydrogens (tertiary/aromatic N) is 1. The maximum Gasteiger partial charge on any atom is 0.138 e. The molecule has 0 radical (unpaired) electrons. The number of aliphatic hydroxyl groups excluding tert-OH is 1. The van der Waals surface area contributed by atoms with E-state index in [0.29, 0.717) is 24.2 Å². The van der Waals surface area contributed by atoms with Crippen LogP contribution in [0.5, 0.6) is 5.75 Å². The number of rotatable bonds is 4. The summed E-state index contributed by atoms with van der Waals surface area (Å²) in [7, 11) is 0. The quantitative estimate of drug-likeness (QED) is 0.878. The zero-order valence-corrected chi connectivity index (χ0v) is 11.7. The van der Waals surface area contributed by atoms with Gasteiger partial charge >= 0.3 is 0 Å². The number of ether oxygens (including phenoxy) is 1. The third-order valence-electron chi connectivity index (χ3n) is 3.65. The fourth-order valence-corrected chi connectivity index (χ4v) is 2.67. The monoisotopic (exact) mass is 265 g/mol. The van der Waals surface area contributed by atoms with Crippen molar-refractivity contribution in [3.63, 3.8) is 0 Å². The van der Waals surface area contributed by atoms with Crippen LogP contribution in [0.2, 0.25) is 0 Å². The maximum atomic E-state index is 10.5. The van der Waals surface area contributed by atoms with Gasteiger partial charge in [-0.05, 0) is 32.8 Å². The normalized spacial score (nSPS) is 20.3. The van der Waals surface area contributed by atoms with E-state index in [1.165, 1.54) is 0 Å². The summed E-state index contributed by atoms with van der Waals surface area (Å²) in [5.41, 5.74) is -0.390. The minimum atomic E-state index is -1.02. The third-order valence-corrected chi connectivity index (χ3v) is 3.65. The minimum Gasteiger partial charge on any atom is -0.489 e. The molecule has 0 amide bonds. The highest BCUT2D eigenvalue weighted by Crippen LogP contribution is 2.38. The fraction of sp³-hybridized carbons (Fsp3) is 0.667. The van der Waals surface area contributed by atoms with Crippen molar-refractivity contribution in [2.24, 2.45) is 0 Å². The average molecular weight is 265 g/mol. The summed E-state index contributed by atoms with van der Waals surface area (Å²) in [5, 5.41) is 21.0. The van der Waals surface area contributed by atoms with E-state index < -0.39 is 11.7 Å². The Hall–Kier alpha value is -1.13. The van der Waals surface area contributed by atoms with E-state index in [-0.39, 0.29) is 6.10 Å². The lowest BCUT2D eigenvalue weighted by Crippen LogP contribution is -2.38. The predicted molar refractivity (Wildman–Crippen MR) is 73.0 cm³/mol. The van der Waals surface area contributed by atoms with E-state index in [0.717, 1.165) is 19.3 Å². The first-order valence-electron chi connectivity index (χ1n) is 7.03. The molecule has 1 saturated carbocycles. The van der Waals surface area contributed by atoms with Crippen molar-refractivity contribution in [2.75, 3.05) is 0 Å². The molecule has 2 N–H and O–H groups in total. The Morgan fingerprint density at radius 2 is 1.89 bits per heavy atom. The molecular weight excluding hydrogens is 242 g/mol. The highest BCUT2D eigenvalue weighted by atomic mass is 16.5. The molecule has 4 heteroatoms. The van der Waals surface area contributed by atoms with Crippen LogP contribution in [-0.4, -0.2) is 26.9 Å². The van der Waals surface area contributed by atoms with Crippen molar-refractivity contribution in [2.45, 2.75) is 63.8 Å². The van der Waals surface area contributed by atoms with E-state index in [2.05, 4.69) is 4.98 Å². The van der Waals surface area contributed by atoms with E-state index >= 15 is 0 Å².